The Balaban J connectivity index is 2.47. The number of carbonyl (C=O) groups is 2. The lowest BCUT2D eigenvalue weighted by molar-refractivity contribution is -0.107. The van der Waals surface area contributed by atoms with Crippen molar-refractivity contribution in [3.8, 4) is 0 Å². The molecule has 1 radical (unpaired) electrons. The van der Waals surface area contributed by atoms with Crippen LogP contribution in [0.1, 0.15) is 47.0 Å². The molecular weight excluding hydrogens is 232 g/mol. The van der Waals surface area contributed by atoms with Crippen LogP contribution in [-0.2, 0) is 9.53 Å². The molecule has 1 fully saturated rings. The summed E-state index contributed by atoms with van der Waals surface area (Å²) in [5, 5.41) is 5.85. The monoisotopic (exact) mass is 255 g/mol. The van der Waals surface area contributed by atoms with Gasteiger partial charge in [0.1, 0.15) is 17.9 Å². The number of carbonyl (C=O) groups excluding carboxylic acids is 2. The average Bonchev–Trinajstić information content (AvgIpc) is 3.04. The highest BCUT2D eigenvalue weighted by molar-refractivity contribution is 5.74. The van der Waals surface area contributed by atoms with Crippen LogP contribution in [0, 0.1) is 6.04 Å². The predicted molar refractivity (Wildman–Crippen MR) is 68.9 cm³/mol. The van der Waals surface area contributed by atoms with Gasteiger partial charge < -0.3 is 14.8 Å². The summed E-state index contributed by atoms with van der Waals surface area (Å²) in [5.41, 5.74) is -0.534. The van der Waals surface area contributed by atoms with Crippen molar-refractivity contribution in [3.05, 3.63) is 6.04 Å². The number of aldehydes is 1. The zero-order chi connectivity index (χ0) is 13.8. The molecule has 0 aromatic heterocycles. The molecule has 0 aromatic rings. The molecule has 0 aromatic carbocycles. The maximum absolute atomic E-state index is 11.7. The van der Waals surface area contributed by atoms with Crippen LogP contribution in [0.4, 0.5) is 4.79 Å². The zero-order valence-corrected chi connectivity index (χ0v) is 11.6. The lowest BCUT2D eigenvalue weighted by Gasteiger charge is -2.26. The molecule has 1 atom stereocenters. The van der Waals surface area contributed by atoms with E-state index in [2.05, 4.69) is 10.6 Å². The Bertz CT molecular complexity index is 295. The Morgan fingerprint density at radius 2 is 2.06 bits per heavy atom. The van der Waals surface area contributed by atoms with Gasteiger partial charge in [-0.2, -0.15) is 0 Å². The fourth-order valence-electron chi connectivity index (χ4n) is 1.53. The second-order valence-corrected chi connectivity index (χ2v) is 5.60. The van der Waals surface area contributed by atoms with Crippen LogP contribution in [0.2, 0.25) is 0 Å². The van der Waals surface area contributed by atoms with Crippen molar-refractivity contribution in [3.63, 3.8) is 0 Å². The summed E-state index contributed by atoms with van der Waals surface area (Å²) in [6.45, 7) is 7.33. The van der Waals surface area contributed by atoms with Crippen LogP contribution in [0.15, 0.2) is 0 Å². The highest BCUT2D eigenvalue weighted by Gasteiger charge is 2.30. The summed E-state index contributed by atoms with van der Waals surface area (Å²) < 4.78 is 5.18. The van der Waals surface area contributed by atoms with Gasteiger partial charge in [0, 0.05) is 6.04 Å². The van der Waals surface area contributed by atoms with Gasteiger partial charge in [0.05, 0.1) is 6.04 Å². The number of ether oxygens (including phenoxy) is 1. The van der Waals surface area contributed by atoms with Crippen LogP contribution < -0.4 is 10.6 Å². The maximum Gasteiger partial charge on any atom is 0.407 e. The van der Waals surface area contributed by atoms with E-state index in [1.807, 2.05) is 6.92 Å². The summed E-state index contributed by atoms with van der Waals surface area (Å²) in [7, 11) is 0. The SMILES string of the molecule is CC[C@H](NC(=O)OC(C)(C)C)[C](C=O)NC1CC1. The lowest BCUT2D eigenvalue weighted by atomic mass is 10.1. The molecule has 5 heteroatoms. The summed E-state index contributed by atoms with van der Waals surface area (Å²) in [6, 6.07) is 0.614. The molecule has 0 unspecified atom stereocenters. The van der Waals surface area contributed by atoms with E-state index < -0.39 is 11.7 Å². The van der Waals surface area contributed by atoms with E-state index in [1.54, 1.807) is 20.8 Å². The van der Waals surface area contributed by atoms with Crippen LogP contribution >= 0.6 is 0 Å². The van der Waals surface area contributed by atoms with Crippen molar-refractivity contribution in [1.82, 2.24) is 10.6 Å². The Hall–Kier alpha value is -1.10. The molecular formula is C13H23N2O3. The molecule has 2 N–H and O–H groups in total. The first kappa shape index (κ1) is 15.0. The third kappa shape index (κ3) is 5.49. The van der Waals surface area contributed by atoms with Crippen LogP contribution in [0.3, 0.4) is 0 Å². The predicted octanol–water partition coefficient (Wildman–Crippen LogP) is 1.77. The molecule has 1 amide bonds. The van der Waals surface area contributed by atoms with Gasteiger partial charge in [-0.15, -0.1) is 0 Å². The van der Waals surface area contributed by atoms with Gasteiger partial charge in [-0.1, -0.05) is 6.92 Å². The Morgan fingerprint density at radius 3 is 2.44 bits per heavy atom. The van der Waals surface area contributed by atoms with Crippen molar-refractivity contribution in [2.75, 3.05) is 0 Å². The maximum atomic E-state index is 11.7. The third-order valence-electron chi connectivity index (χ3n) is 2.55. The largest absolute Gasteiger partial charge is 0.444 e. The number of hydrogen-bond donors (Lipinski definition) is 2. The van der Waals surface area contributed by atoms with Gasteiger partial charge in [0.2, 0.25) is 0 Å². The molecule has 0 bridgehead atoms. The second-order valence-electron chi connectivity index (χ2n) is 5.60. The highest BCUT2D eigenvalue weighted by Crippen LogP contribution is 2.22. The number of alkyl carbamates (subject to hydrolysis) is 1. The van der Waals surface area contributed by atoms with E-state index in [4.69, 9.17) is 4.74 Å². The van der Waals surface area contributed by atoms with E-state index in [-0.39, 0.29) is 6.04 Å². The highest BCUT2D eigenvalue weighted by atomic mass is 16.6. The first-order valence-corrected chi connectivity index (χ1v) is 6.43. The fourth-order valence-corrected chi connectivity index (χ4v) is 1.53. The number of rotatable bonds is 6. The zero-order valence-electron chi connectivity index (χ0n) is 11.6. The minimum Gasteiger partial charge on any atom is -0.444 e. The van der Waals surface area contributed by atoms with E-state index in [0.29, 0.717) is 18.5 Å². The quantitative estimate of drug-likeness (QED) is 0.710. The van der Waals surface area contributed by atoms with Crippen molar-refractivity contribution < 1.29 is 14.3 Å². The van der Waals surface area contributed by atoms with Crippen LogP contribution in [-0.4, -0.2) is 30.1 Å². The smallest absolute Gasteiger partial charge is 0.407 e. The standard InChI is InChI=1S/C13H23N2O3/c1-5-10(11(8-16)14-9-6-7-9)15-12(17)18-13(2,3)4/h8-10,14H,5-7H2,1-4H3,(H,15,17)/t10-/m0/s1. The number of nitrogens with one attached hydrogen (secondary N) is 2. The summed E-state index contributed by atoms with van der Waals surface area (Å²) >= 11 is 0. The molecule has 0 aliphatic heterocycles. The topological polar surface area (TPSA) is 67.4 Å². The van der Waals surface area contributed by atoms with Crippen molar-refractivity contribution in [2.24, 2.45) is 0 Å². The van der Waals surface area contributed by atoms with Crippen LogP contribution in [0.5, 0.6) is 0 Å². The summed E-state index contributed by atoms with van der Waals surface area (Å²) in [5.74, 6) is 0. The van der Waals surface area contributed by atoms with Gasteiger partial charge in [0.25, 0.3) is 0 Å². The van der Waals surface area contributed by atoms with Crippen molar-refractivity contribution >= 4 is 12.4 Å². The van der Waals surface area contributed by atoms with Gasteiger partial charge in [0.15, 0.2) is 0 Å². The first-order chi connectivity index (χ1) is 8.35. The van der Waals surface area contributed by atoms with E-state index in [1.165, 1.54) is 0 Å². The summed E-state index contributed by atoms with van der Waals surface area (Å²) in [6.07, 6.45) is 3.10. The molecule has 0 heterocycles. The van der Waals surface area contributed by atoms with Gasteiger partial charge in [-0.3, -0.25) is 5.32 Å². The molecule has 18 heavy (non-hydrogen) atoms. The summed E-state index contributed by atoms with van der Waals surface area (Å²) in [4.78, 5) is 22.7. The van der Waals surface area contributed by atoms with Gasteiger partial charge in [-0.25, -0.2) is 4.79 Å². The molecule has 0 spiro atoms. The van der Waals surface area contributed by atoms with E-state index in [0.717, 1.165) is 19.1 Å². The average molecular weight is 255 g/mol. The Labute approximate surface area is 109 Å². The second kappa shape index (κ2) is 6.18. The minimum atomic E-state index is -0.534. The number of amides is 1. The molecule has 1 rings (SSSR count). The minimum absolute atomic E-state index is 0.307. The lowest BCUT2D eigenvalue weighted by Crippen LogP contribution is -2.47. The molecule has 0 saturated heterocycles. The van der Waals surface area contributed by atoms with Crippen molar-refractivity contribution in [1.29, 1.82) is 0 Å². The molecule has 1 saturated carbocycles. The van der Waals surface area contributed by atoms with E-state index >= 15 is 0 Å². The Kier molecular flexibility index (Phi) is 5.14. The molecule has 1 aliphatic carbocycles. The third-order valence-corrected chi connectivity index (χ3v) is 2.55. The first-order valence-electron chi connectivity index (χ1n) is 6.43. The van der Waals surface area contributed by atoms with Crippen LogP contribution in [0.25, 0.3) is 0 Å². The van der Waals surface area contributed by atoms with Gasteiger partial charge in [-0.05, 0) is 40.0 Å². The fraction of sp³-hybridized carbons (Fsp3) is 0.769. The molecule has 103 valence electrons. The Morgan fingerprint density at radius 1 is 1.44 bits per heavy atom. The molecule has 1 aliphatic rings. The molecule has 5 nitrogen and oxygen atoms in total. The number of hydrogen-bond acceptors (Lipinski definition) is 4. The van der Waals surface area contributed by atoms with Gasteiger partial charge >= 0.3 is 6.09 Å². The van der Waals surface area contributed by atoms with E-state index in [9.17, 15) is 9.59 Å². The normalized spacial score (nSPS) is 17.4. The van der Waals surface area contributed by atoms with Crippen molar-refractivity contribution in [2.45, 2.75) is 64.6 Å².